The summed E-state index contributed by atoms with van der Waals surface area (Å²) >= 11 is 0. The Kier molecular flexibility index (Phi) is 9.12. The Morgan fingerprint density at radius 1 is 0.976 bits per heavy atom. The third kappa shape index (κ3) is 6.20. The molecule has 0 aliphatic carbocycles. The molecule has 0 spiro atoms. The van der Waals surface area contributed by atoms with Crippen LogP contribution >= 0.6 is 0 Å². The first kappa shape index (κ1) is 28.9. The smallest absolute Gasteiger partial charge is 0.238 e. The normalized spacial score (nSPS) is 20.0. The van der Waals surface area contributed by atoms with Crippen molar-refractivity contribution >= 4 is 11.6 Å². The van der Waals surface area contributed by atoms with Gasteiger partial charge in [-0.05, 0) is 65.8 Å². The third-order valence-electron chi connectivity index (χ3n) is 8.13. The Bertz CT molecular complexity index is 1320. The number of para-hydroxylation sites is 1. The summed E-state index contributed by atoms with van der Waals surface area (Å²) in [5.41, 5.74) is 4.88. The molecule has 0 bridgehead atoms. The lowest BCUT2D eigenvalue weighted by Gasteiger charge is -2.30. The van der Waals surface area contributed by atoms with Gasteiger partial charge in [0, 0.05) is 30.1 Å². The molecule has 218 valence electrons. The van der Waals surface area contributed by atoms with Gasteiger partial charge in [0.15, 0.2) is 17.8 Å². The van der Waals surface area contributed by atoms with Gasteiger partial charge in [0.2, 0.25) is 12.7 Å². The highest BCUT2D eigenvalue weighted by atomic mass is 16.7. The molecule has 5 rings (SSSR count). The Hall–Kier alpha value is -3.59. The van der Waals surface area contributed by atoms with E-state index >= 15 is 0 Å². The summed E-state index contributed by atoms with van der Waals surface area (Å²) in [7, 11) is 0. The van der Waals surface area contributed by atoms with Crippen LogP contribution in [0.5, 0.6) is 17.2 Å². The van der Waals surface area contributed by atoms with Gasteiger partial charge in [-0.1, -0.05) is 57.2 Å². The number of hydrogen-bond donors (Lipinski definition) is 3. The van der Waals surface area contributed by atoms with Crippen molar-refractivity contribution in [3.63, 3.8) is 0 Å². The standard InChI is InChI=1S/C33H40N2O6/c1-4-16-39-25-13-10-23(11-14-25)32-30(33(37)38)26(24-12-15-27-28(17-24)41-20-40-27)18-35(32)19-29(36)34-31-21(5-2)8-7-9-22(31)6-3/h7-15,17,26,30,32-33,37-38H,4-6,16,18-20H2,1-3H3,(H,34,36)/t26-,30-,32+/m1/s1. The molecule has 0 aromatic heterocycles. The number of hydrogen-bond acceptors (Lipinski definition) is 7. The van der Waals surface area contributed by atoms with Crippen molar-refractivity contribution in [2.75, 3.05) is 31.8 Å². The van der Waals surface area contributed by atoms with E-state index in [0.717, 1.165) is 53.0 Å². The topological polar surface area (TPSA) is 100 Å². The molecule has 3 N–H and O–H groups in total. The van der Waals surface area contributed by atoms with Crippen LogP contribution in [-0.4, -0.2) is 53.8 Å². The highest BCUT2D eigenvalue weighted by Crippen LogP contribution is 2.48. The van der Waals surface area contributed by atoms with Gasteiger partial charge in [0.05, 0.1) is 13.2 Å². The number of nitrogens with one attached hydrogen (secondary N) is 1. The Morgan fingerprint density at radius 2 is 1.66 bits per heavy atom. The molecule has 1 amide bonds. The average Bonchev–Trinajstić information content (AvgIpc) is 3.61. The summed E-state index contributed by atoms with van der Waals surface area (Å²) in [5, 5.41) is 24.7. The quantitative estimate of drug-likeness (QED) is 0.283. The summed E-state index contributed by atoms with van der Waals surface area (Å²) in [5.74, 6) is 1.10. The summed E-state index contributed by atoms with van der Waals surface area (Å²) in [6, 6.07) is 19.1. The minimum absolute atomic E-state index is 0.101. The lowest BCUT2D eigenvalue weighted by molar-refractivity contribution is -0.119. The number of aliphatic hydroxyl groups excluding tert-OH is 1. The molecule has 1 fully saturated rings. The van der Waals surface area contributed by atoms with Gasteiger partial charge < -0.3 is 29.7 Å². The first-order valence-corrected chi connectivity index (χ1v) is 14.6. The fraction of sp³-hybridized carbons (Fsp3) is 0.424. The molecule has 3 aromatic carbocycles. The summed E-state index contributed by atoms with van der Waals surface area (Å²) in [6.45, 7) is 7.57. The molecule has 2 aliphatic heterocycles. The van der Waals surface area contributed by atoms with Crippen molar-refractivity contribution in [2.45, 2.75) is 58.3 Å². The molecule has 8 heteroatoms. The van der Waals surface area contributed by atoms with Crippen LogP contribution in [0.4, 0.5) is 5.69 Å². The predicted molar refractivity (Wildman–Crippen MR) is 157 cm³/mol. The molecule has 1 saturated heterocycles. The van der Waals surface area contributed by atoms with E-state index in [-0.39, 0.29) is 25.2 Å². The zero-order chi connectivity index (χ0) is 28.9. The van der Waals surface area contributed by atoms with Gasteiger partial charge in [-0.25, -0.2) is 0 Å². The van der Waals surface area contributed by atoms with Crippen molar-refractivity contribution in [2.24, 2.45) is 5.92 Å². The minimum atomic E-state index is -1.60. The molecule has 0 unspecified atom stereocenters. The van der Waals surface area contributed by atoms with E-state index in [1.807, 2.05) is 60.7 Å². The molecule has 0 saturated carbocycles. The maximum absolute atomic E-state index is 13.6. The second-order valence-corrected chi connectivity index (χ2v) is 10.7. The summed E-state index contributed by atoms with van der Waals surface area (Å²) in [4.78, 5) is 15.6. The van der Waals surface area contributed by atoms with E-state index in [1.54, 1.807) is 0 Å². The van der Waals surface area contributed by atoms with E-state index in [4.69, 9.17) is 14.2 Å². The van der Waals surface area contributed by atoms with Crippen LogP contribution in [0.1, 0.15) is 61.4 Å². The Balaban J connectivity index is 1.47. The largest absolute Gasteiger partial charge is 0.494 e. The number of nitrogens with zero attached hydrogens (tertiary/aromatic N) is 1. The number of amides is 1. The summed E-state index contributed by atoms with van der Waals surface area (Å²) in [6.07, 6.45) is 0.928. The second kappa shape index (κ2) is 12.9. The number of fused-ring (bicyclic) bond motifs is 1. The van der Waals surface area contributed by atoms with Crippen LogP contribution in [0.2, 0.25) is 0 Å². The third-order valence-corrected chi connectivity index (χ3v) is 8.13. The zero-order valence-electron chi connectivity index (χ0n) is 24.0. The first-order chi connectivity index (χ1) is 19.9. The fourth-order valence-electron chi connectivity index (χ4n) is 6.14. The predicted octanol–water partition coefficient (Wildman–Crippen LogP) is 5.04. The Labute approximate surface area is 241 Å². The van der Waals surface area contributed by atoms with Gasteiger partial charge in [-0.2, -0.15) is 0 Å². The van der Waals surface area contributed by atoms with Crippen molar-refractivity contribution in [1.82, 2.24) is 4.90 Å². The van der Waals surface area contributed by atoms with E-state index in [0.29, 0.717) is 24.7 Å². The second-order valence-electron chi connectivity index (χ2n) is 10.7. The molecule has 0 radical (unpaired) electrons. The molecule has 3 atom stereocenters. The van der Waals surface area contributed by atoms with Crippen LogP contribution in [0, 0.1) is 5.92 Å². The number of carbonyl (C=O) groups excluding carboxylic acids is 1. The van der Waals surface area contributed by atoms with Crippen LogP contribution in [0.3, 0.4) is 0 Å². The van der Waals surface area contributed by atoms with Gasteiger partial charge in [-0.3, -0.25) is 9.69 Å². The van der Waals surface area contributed by atoms with Gasteiger partial charge in [0.25, 0.3) is 0 Å². The molecular weight excluding hydrogens is 520 g/mol. The molecule has 8 nitrogen and oxygen atoms in total. The zero-order valence-corrected chi connectivity index (χ0v) is 24.0. The molecule has 2 heterocycles. The summed E-state index contributed by atoms with van der Waals surface area (Å²) < 4.78 is 16.9. The van der Waals surface area contributed by atoms with E-state index in [2.05, 4.69) is 31.0 Å². The van der Waals surface area contributed by atoms with Gasteiger partial charge in [-0.15, -0.1) is 0 Å². The lowest BCUT2D eigenvalue weighted by Crippen LogP contribution is -2.36. The number of aryl methyl sites for hydroxylation is 2. The maximum atomic E-state index is 13.6. The van der Waals surface area contributed by atoms with Crippen LogP contribution < -0.4 is 19.5 Å². The van der Waals surface area contributed by atoms with Gasteiger partial charge >= 0.3 is 0 Å². The molecule has 2 aliphatic rings. The highest BCUT2D eigenvalue weighted by molar-refractivity contribution is 5.94. The maximum Gasteiger partial charge on any atom is 0.238 e. The monoisotopic (exact) mass is 560 g/mol. The van der Waals surface area contributed by atoms with E-state index in [9.17, 15) is 15.0 Å². The number of likely N-dealkylation sites (tertiary alicyclic amines) is 1. The lowest BCUT2D eigenvalue weighted by atomic mass is 9.82. The van der Waals surface area contributed by atoms with Crippen molar-refractivity contribution in [1.29, 1.82) is 0 Å². The van der Waals surface area contributed by atoms with Crippen molar-refractivity contribution in [3.05, 3.63) is 82.9 Å². The SMILES string of the molecule is CCCOc1ccc([C@H]2[C@H](C(O)O)[C@@H](c3ccc4c(c3)OCO4)CN2CC(=O)Nc2c(CC)cccc2CC)cc1. The van der Waals surface area contributed by atoms with Crippen LogP contribution in [-0.2, 0) is 17.6 Å². The minimum Gasteiger partial charge on any atom is -0.494 e. The van der Waals surface area contributed by atoms with Crippen LogP contribution in [0.15, 0.2) is 60.7 Å². The van der Waals surface area contributed by atoms with Gasteiger partial charge in [0.1, 0.15) is 5.75 Å². The number of benzene rings is 3. The van der Waals surface area contributed by atoms with Crippen molar-refractivity contribution in [3.8, 4) is 17.2 Å². The molecule has 3 aromatic rings. The van der Waals surface area contributed by atoms with E-state index in [1.165, 1.54) is 0 Å². The number of carbonyl (C=O) groups is 1. The molecular formula is C33H40N2O6. The highest BCUT2D eigenvalue weighted by Gasteiger charge is 2.47. The number of aliphatic hydroxyl groups is 2. The van der Waals surface area contributed by atoms with Crippen LogP contribution in [0.25, 0.3) is 0 Å². The average molecular weight is 561 g/mol. The number of rotatable bonds is 11. The van der Waals surface area contributed by atoms with E-state index < -0.39 is 18.2 Å². The Morgan fingerprint density at radius 3 is 2.32 bits per heavy atom. The number of ether oxygens (including phenoxy) is 3. The fourth-order valence-corrected chi connectivity index (χ4v) is 6.14. The van der Waals surface area contributed by atoms with Crippen molar-refractivity contribution < 1.29 is 29.2 Å². The first-order valence-electron chi connectivity index (χ1n) is 14.6. The number of anilines is 1. The molecule has 41 heavy (non-hydrogen) atoms.